The lowest BCUT2D eigenvalue weighted by Crippen LogP contribution is -2.32. The van der Waals surface area contributed by atoms with E-state index in [0.717, 1.165) is 42.9 Å². The second kappa shape index (κ2) is 6.72. The van der Waals surface area contributed by atoms with E-state index in [9.17, 15) is 13.2 Å². The van der Waals surface area contributed by atoms with Crippen LogP contribution in [0.15, 0.2) is 41.1 Å². The number of nitrogens with zero attached hydrogens (tertiary/aromatic N) is 2. The Kier molecular flexibility index (Phi) is 4.68. The van der Waals surface area contributed by atoms with Crippen LogP contribution in [-0.2, 0) is 19.3 Å². The molecule has 3 rings (SSSR count). The van der Waals surface area contributed by atoms with Crippen molar-refractivity contribution < 1.29 is 17.7 Å². The number of rotatable bonds is 5. The largest absolute Gasteiger partial charge is 0.416 e. The van der Waals surface area contributed by atoms with Gasteiger partial charge in [-0.1, -0.05) is 17.3 Å². The zero-order chi connectivity index (χ0) is 16.3. The fourth-order valence-electron chi connectivity index (χ4n) is 2.78. The molecule has 2 heterocycles. The molecule has 7 heteroatoms. The minimum Gasteiger partial charge on any atom is -0.364 e. The van der Waals surface area contributed by atoms with Gasteiger partial charge in [0.15, 0.2) is 0 Å². The summed E-state index contributed by atoms with van der Waals surface area (Å²) in [6.45, 7) is 3.13. The van der Waals surface area contributed by atoms with Crippen LogP contribution in [0.3, 0.4) is 0 Å². The zero-order valence-electron chi connectivity index (χ0n) is 12.5. The first-order valence-corrected chi connectivity index (χ1v) is 7.52. The number of likely N-dealkylation sites (tertiary alicyclic amines) is 1. The van der Waals surface area contributed by atoms with Crippen molar-refractivity contribution in [1.29, 1.82) is 0 Å². The SMILES string of the molecule is FC(F)(F)c1ccc(CN2CCC(NCc3ccon3)C2)cc1. The maximum absolute atomic E-state index is 12.5. The lowest BCUT2D eigenvalue weighted by atomic mass is 10.1. The van der Waals surface area contributed by atoms with Crippen LogP contribution in [0.25, 0.3) is 0 Å². The van der Waals surface area contributed by atoms with E-state index in [2.05, 4.69) is 15.4 Å². The summed E-state index contributed by atoms with van der Waals surface area (Å²) < 4.78 is 42.4. The van der Waals surface area contributed by atoms with Crippen LogP contribution in [0.2, 0.25) is 0 Å². The van der Waals surface area contributed by atoms with Crippen molar-refractivity contribution in [3.8, 4) is 0 Å². The standard InChI is InChI=1S/C16H18F3N3O/c17-16(18,19)13-3-1-12(2-4-13)10-22-7-5-15(11-22)20-9-14-6-8-23-21-14/h1-4,6,8,15,20H,5,7,9-11H2. The first-order valence-electron chi connectivity index (χ1n) is 7.52. The Hall–Kier alpha value is -1.86. The number of nitrogens with one attached hydrogen (secondary N) is 1. The smallest absolute Gasteiger partial charge is 0.364 e. The van der Waals surface area contributed by atoms with E-state index in [0.29, 0.717) is 19.1 Å². The average molecular weight is 325 g/mol. The minimum absolute atomic E-state index is 0.362. The average Bonchev–Trinajstić information content (AvgIpc) is 3.16. The summed E-state index contributed by atoms with van der Waals surface area (Å²) in [5, 5.41) is 7.26. The Morgan fingerprint density at radius 3 is 2.65 bits per heavy atom. The number of halogens is 3. The van der Waals surface area contributed by atoms with Gasteiger partial charge in [-0.2, -0.15) is 13.2 Å². The molecule has 0 saturated carbocycles. The Bertz CT molecular complexity index is 611. The summed E-state index contributed by atoms with van der Waals surface area (Å²) in [6.07, 6.45) is -1.72. The number of aromatic nitrogens is 1. The van der Waals surface area contributed by atoms with Crippen molar-refractivity contribution >= 4 is 0 Å². The summed E-state index contributed by atoms with van der Waals surface area (Å²) in [4.78, 5) is 2.24. The highest BCUT2D eigenvalue weighted by molar-refractivity contribution is 5.24. The van der Waals surface area contributed by atoms with E-state index >= 15 is 0 Å². The van der Waals surface area contributed by atoms with Crippen molar-refractivity contribution in [3.63, 3.8) is 0 Å². The zero-order valence-corrected chi connectivity index (χ0v) is 12.5. The predicted molar refractivity (Wildman–Crippen MR) is 78.5 cm³/mol. The van der Waals surface area contributed by atoms with Crippen LogP contribution in [-0.4, -0.2) is 29.2 Å². The van der Waals surface area contributed by atoms with E-state index in [-0.39, 0.29) is 0 Å². The molecule has 0 radical (unpaired) electrons. The minimum atomic E-state index is -4.28. The highest BCUT2D eigenvalue weighted by Crippen LogP contribution is 2.29. The maximum atomic E-state index is 12.5. The molecule has 1 saturated heterocycles. The number of alkyl halides is 3. The van der Waals surface area contributed by atoms with Crippen molar-refractivity contribution in [2.45, 2.75) is 31.7 Å². The Morgan fingerprint density at radius 1 is 1.22 bits per heavy atom. The fourth-order valence-corrected chi connectivity index (χ4v) is 2.78. The molecule has 1 fully saturated rings. The fraction of sp³-hybridized carbons (Fsp3) is 0.438. The normalized spacial score (nSPS) is 19.3. The molecule has 1 N–H and O–H groups in total. The molecule has 1 atom stereocenters. The van der Waals surface area contributed by atoms with E-state index in [4.69, 9.17) is 4.52 Å². The van der Waals surface area contributed by atoms with Crippen LogP contribution in [0.5, 0.6) is 0 Å². The highest BCUT2D eigenvalue weighted by atomic mass is 19.4. The molecule has 4 nitrogen and oxygen atoms in total. The van der Waals surface area contributed by atoms with Gasteiger partial charge in [-0.15, -0.1) is 0 Å². The third-order valence-corrected chi connectivity index (χ3v) is 4.02. The second-order valence-electron chi connectivity index (χ2n) is 5.79. The summed E-state index contributed by atoms with van der Waals surface area (Å²) in [7, 11) is 0. The lowest BCUT2D eigenvalue weighted by molar-refractivity contribution is -0.137. The lowest BCUT2D eigenvalue weighted by Gasteiger charge is -2.17. The summed E-state index contributed by atoms with van der Waals surface area (Å²) in [5.74, 6) is 0. The van der Waals surface area contributed by atoms with Gasteiger partial charge in [-0.3, -0.25) is 4.90 Å². The molecule has 23 heavy (non-hydrogen) atoms. The molecular formula is C16H18F3N3O. The van der Waals surface area contributed by atoms with E-state index in [1.807, 2.05) is 6.07 Å². The first kappa shape index (κ1) is 16.0. The Balaban J connectivity index is 1.48. The van der Waals surface area contributed by atoms with Gasteiger partial charge >= 0.3 is 6.18 Å². The summed E-state index contributed by atoms with van der Waals surface area (Å²) in [5.41, 5.74) is 1.16. The third kappa shape index (κ3) is 4.33. The van der Waals surface area contributed by atoms with Crippen LogP contribution in [0.1, 0.15) is 23.2 Å². The molecule has 1 aromatic carbocycles. The molecule has 0 amide bonds. The number of hydrogen-bond acceptors (Lipinski definition) is 4. The summed E-state index contributed by atoms with van der Waals surface area (Å²) >= 11 is 0. The van der Waals surface area contributed by atoms with Crippen molar-refractivity contribution in [2.24, 2.45) is 0 Å². The van der Waals surface area contributed by atoms with Gasteiger partial charge in [0.25, 0.3) is 0 Å². The topological polar surface area (TPSA) is 41.3 Å². The molecule has 0 bridgehead atoms. The van der Waals surface area contributed by atoms with Gasteiger partial charge in [0.2, 0.25) is 0 Å². The second-order valence-corrected chi connectivity index (χ2v) is 5.79. The van der Waals surface area contributed by atoms with E-state index < -0.39 is 11.7 Å². The van der Waals surface area contributed by atoms with Gasteiger partial charge in [0.05, 0.1) is 11.3 Å². The summed E-state index contributed by atoms with van der Waals surface area (Å²) in [6, 6.07) is 7.58. The highest BCUT2D eigenvalue weighted by Gasteiger charge is 2.30. The molecule has 1 aromatic heterocycles. The van der Waals surface area contributed by atoms with Crippen LogP contribution < -0.4 is 5.32 Å². The van der Waals surface area contributed by atoms with E-state index in [1.165, 1.54) is 0 Å². The number of hydrogen-bond donors (Lipinski definition) is 1. The monoisotopic (exact) mass is 325 g/mol. The van der Waals surface area contributed by atoms with Gasteiger partial charge in [0.1, 0.15) is 6.26 Å². The molecule has 2 aromatic rings. The van der Waals surface area contributed by atoms with Crippen LogP contribution in [0, 0.1) is 0 Å². The molecule has 1 aliphatic heterocycles. The van der Waals surface area contributed by atoms with Crippen LogP contribution in [0.4, 0.5) is 13.2 Å². The molecule has 0 aliphatic carbocycles. The van der Waals surface area contributed by atoms with Gasteiger partial charge in [-0.25, -0.2) is 0 Å². The van der Waals surface area contributed by atoms with Gasteiger partial charge in [0, 0.05) is 38.3 Å². The first-order chi connectivity index (χ1) is 11.0. The van der Waals surface area contributed by atoms with Crippen molar-refractivity contribution in [1.82, 2.24) is 15.4 Å². The van der Waals surface area contributed by atoms with E-state index in [1.54, 1.807) is 18.4 Å². The van der Waals surface area contributed by atoms with Crippen LogP contribution >= 0.6 is 0 Å². The van der Waals surface area contributed by atoms with Crippen molar-refractivity contribution in [3.05, 3.63) is 53.4 Å². The molecule has 124 valence electrons. The third-order valence-electron chi connectivity index (χ3n) is 4.02. The maximum Gasteiger partial charge on any atom is 0.416 e. The number of benzene rings is 1. The Labute approximate surface area is 132 Å². The quantitative estimate of drug-likeness (QED) is 0.917. The Morgan fingerprint density at radius 2 is 2.00 bits per heavy atom. The van der Waals surface area contributed by atoms with Gasteiger partial charge < -0.3 is 9.84 Å². The van der Waals surface area contributed by atoms with Crippen molar-refractivity contribution in [2.75, 3.05) is 13.1 Å². The molecule has 0 spiro atoms. The predicted octanol–water partition coefficient (Wildman–Crippen LogP) is 3.06. The van der Waals surface area contributed by atoms with Gasteiger partial charge in [-0.05, 0) is 24.1 Å². The molecule has 1 aliphatic rings. The molecular weight excluding hydrogens is 307 g/mol. The molecule has 1 unspecified atom stereocenters.